The molecule has 1 amide bonds. The van der Waals surface area contributed by atoms with Gasteiger partial charge < -0.3 is 10.0 Å². The molecule has 6 aromatic rings. The summed E-state index contributed by atoms with van der Waals surface area (Å²) in [6.45, 7) is 0. The van der Waals surface area contributed by atoms with Crippen molar-refractivity contribution >= 4 is 82.3 Å². The lowest BCUT2D eigenvalue weighted by atomic mass is 10.1. The summed E-state index contributed by atoms with van der Waals surface area (Å²) in [5, 5.41) is 11.5. The van der Waals surface area contributed by atoms with E-state index < -0.39 is 5.97 Å². The highest BCUT2D eigenvalue weighted by atomic mass is 32.2. The van der Waals surface area contributed by atoms with Gasteiger partial charge >= 0.3 is 5.97 Å². The van der Waals surface area contributed by atoms with Gasteiger partial charge in [0.15, 0.2) is 5.43 Å². The van der Waals surface area contributed by atoms with E-state index in [2.05, 4.69) is 0 Å². The molecule has 0 atom stereocenters. The van der Waals surface area contributed by atoms with Crippen LogP contribution in [-0.2, 0) is 0 Å². The number of benzene rings is 4. The molecule has 8 heteroatoms. The Morgan fingerprint density at radius 2 is 1.50 bits per heavy atom. The highest BCUT2D eigenvalue weighted by molar-refractivity contribution is 7.99. The van der Waals surface area contributed by atoms with Gasteiger partial charge in [0, 0.05) is 52.8 Å². The average molecular weight is 554 g/mol. The van der Waals surface area contributed by atoms with E-state index in [-0.39, 0.29) is 16.9 Å². The van der Waals surface area contributed by atoms with Gasteiger partial charge in [0.05, 0.1) is 5.56 Å². The fraction of sp³-hybridized carbons (Fsp3) is 0.0333. The van der Waals surface area contributed by atoms with Gasteiger partial charge in [-0.05, 0) is 54.6 Å². The number of rotatable bonds is 5. The van der Waals surface area contributed by atoms with E-state index in [1.165, 1.54) is 23.1 Å². The lowest BCUT2D eigenvalue weighted by Gasteiger charge is -2.18. The first-order valence-electron chi connectivity index (χ1n) is 11.7. The van der Waals surface area contributed by atoms with E-state index in [9.17, 15) is 19.5 Å². The van der Waals surface area contributed by atoms with Crippen molar-refractivity contribution in [2.45, 2.75) is 9.79 Å². The molecule has 0 fully saturated rings. The number of carboxylic acid groups (broad SMARTS) is 1. The number of hydrogen-bond acceptors (Lipinski definition) is 6. The Labute approximate surface area is 229 Å². The molecule has 186 valence electrons. The van der Waals surface area contributed by atoms with E-state index in [4.69, 9.17) is 0 Å². The molecule has 38 heavy (non-hydrogen) atoms. The van der Waals surface area contributed by atoms with E-state index in [0.29, 0.717) is 21.3 Å². The maximum Gasteiger partial charge on any atom is 0.335 e. The van der Waals surface area contributed by atoms with Crippen LogP contribution in [0.1, 0.15) is 20.0 Å². The van der Waals surface area contributed by atoms with Crippen molar-refractivity contribution in [3.8, 4) is 0 Å². The minimum Gasteiger partial charge on any atom is -0.478 e. The van der Waals surface area contributed by atoms with Crippen LogP contribution in [0.2, 0.25) is 0 Å². The number of carboxylic acids is 1. The second-order valence-corrected chi connectivity index (χ2v) is 11.9. The van der Waals surface area contributed by atoms with Gasteiger partial charge in [-0.2, -0.15) is 0 Å². The number of carbonyl (C=O) groups excluding carboxylic acids is 1. The molecule has 0 aliphatic rings. The number of nitrogens with zero attached hydrogens (tertiary/aromatic N) is 1. The summed E-state index contributed by atoms with van der Waals surface area (Å²) in [5.74, 6) is -1.24. The third-order valence-corrected chi connectivity index (χ3v) is 9.86. The maximum atomic E-state index is 13.9. The van der Waals surface area contributed by atoms with Crippen molar-refractivity contribution in [2.75, 3.05) is 11.9 Å². The molecule has 0 radical (unpaired) electrons. The van der Waals surface area contributed by atoms with E-state index in [1.54, 1.807) is 47.5 Å². The third-order valence-electron chi connectivity index (χ3n) is 6.30. The smallest absolute Gasteiger partial charge is 0.335 e. The lowest BCUT2D eigenvalue weighted by molar-refractivity contribution is 0.0697. The van der Waals surface area contributed by atoms with Gasteiger partial charge in [0.2, 0.25) is 0 Å². The van der Waals surface area contributed by atoms with E-state index in [1.807, 2.05) is 66.7 Å². The topological polar surface area (TPSA) is 74.7 Å². The molecule has 2 aromatic heterocycles. The average Bonchev–Trinajstić information content (AvgIpc) is 3.30. The largest absolute Gasteiger partial charge is 0.478 e. The van der Waals surface area contributed by atoms with Crippen LogP contribution in [0, 0.1) is 0 Å². The minimum absolute atomic E-state index is 0.0552. The van der Waals surface area contributed by atoms with Crippen molar-refractivity contribution in [1.82, 2.24) is 0 Å². The molecule has 6 rings (SSSR count). The summed E-state index contributed by atoms with van der Waals surface area (Å²) in [4.78, 5) is 42.5. The lowest BCUT2D eigenvalue weighted by Crippen LogP contribution is -2.26. The number of amides is 1. The Balaban J connectivity index is 1.46. The SMILES string of the molecule is CN(C(=O)c1sc2cc(C(=O)O)ccc2c1Sc1ccccc1)c1ccc2sc3ccccc3c(=O)c2c1. The molecule has 0 unspecified atom stereocenters. The summed E-state index contributed by atoms with van der Waals surface area (Å²) < 4.78 is 2.52. The summed E-state index contributed by atoms with van der Waals surface area (Å²) in [5.41, 5.74) is 0.732. The molecule has 1 N–H and O–H groups in total. The molecule has 0 bridgehead atoms. The van der Waals surface area contributed by atoms with Crippen LogP contribution in [0.4, 0.5) is 5.69 Å². The van der Waals surface area contributed by atoms with Gasteiger partial charge in [-0.1, -0.05) is 48.2 Å². The molecule has 0 saturated heterocycles. The number of thiophene rings is 1. The monoisotopic (exact) mass is 553 g/mol. The second kappa shape index (κ2) is 9.72. The Morgan fingerprint density at radius 3 is 2.29 bits per heavy atom. The second-order valence-electron chi connectivity index (χ2n) is 8.66. The van der Waals surface area contributed by atoms with Crippen molar-refractivity contribution in [3.63, 3.8) is 0 Å². The standard InChI is InChI=1S/C30H19NO4S3/c1-31(18-12-14-24-22(16-18)26(32)20-9-5-6-10-23(20)37-24)29(33)28-27(36-19-7-3-2-4-8-19)21-13-11-17(30(34)35)15-25(21)38-28/h2-16H,1H3,(H,34,35). The zero-order valence-electron chi connectivity index (χ0n) is 20.0. The first-order valence-corrected chi connectivity index (χ1v) is 14.1. The molecule has 0 saturated carbocycles. The summed E-state index contributed by atoms with van der Waals surface area (Å²) in [6, 6.07) is 27.7. The summed E-state index contributed by atoms with van der Waals surface area (Å²) in [6.07, 6.45) is 0. The Kier molecular flexibility index (Phi) is 6.23. The highest BCUT2D eigenvalue weighted by Crippen LogP contribution is 2.43. The summed E-state index contributed by atoms with van der Waals surface area (Å²) in [7, 11) is 1.70. The van der Waals surface area contributed by atoms with Crippen molar-refractivity contribution in [1.29, 1.82) is 0 Å². The molecule has 4 aromatic carbocycles. The molecular weight excluding hydrogens is 535 g/mol. The van der Waals surface area contributed by atoms with Crippen molar-refractivity contribution in [3.05, 3.63) is 112 Å². The molecule has 2 heterocycles. The number of hydrogen-bond donors (Lipinski definition) is 1. The zero-order valence-corrected chi connectivity index (χ0v) is 22.5. The van der Waals surface area contributed by atoms with Crippen LogP contribution in [0.5, 0.6) is 0 Å². The van der Waals surface area contributed by atoms with Crippen LogP contribution in [0.25, 0.3) is 30.3 Å². The Morgan fingerprint density at radius 1 is 0.763 bits per heavy atom. The Bertz CT molecular complexity index is 1940. The predicted octanol–water partition coefficient (Wildman–Crippen LogP) is 7.76. The number of anilines is 1. The van der Waals surface area contributed by atoms with Gasteiger partial charge in [0.1, 0.15) is 4.88 Å². The fourth-order valence-electron chi connectivity index (χ4n) is 4.32. The Hall–Kier alpha value is -3.98. The maximum absolute atomic E-state index is 13.9. The normalized spacial score (nSPS) is 11.3. The molecule has 5 nitrogen and oxygen atoms in total. The van der Waals surface area contributed by atoms with E-state index in [0.717, 1.165) is 29.3 Å². The molecule has 0 aliphatic heterocycles. The van der Waals surface area contributed by atoms with Gasteiger partial charge in [0.25, 0.3) is 5.91 Å². The fourth-order valence-corrected chi connectivity index (χ4v) is 7.80. The van der Waals surface area contributed by atoms with Crippen molar-refractivity contribution in [2.24, 2.45) is 0 Å². The molecular formula is C30H19NO4S3. The van der Waals surface area contributed by atoms with Crippen molar-refractivity contribution < 1.29 is 14.7 Å². The molecule has 0 spiro atoms. The quantitative estimate of drug-likeness (QED) is 0.221. The van der Waals surface area contributed by atoms with Crippen LogP contribution in [-0.4, -0.2) is 24.0 Å². The minimum atomic E-state index is -1.01. The number of fused-ring (bicyclic) bond motifs is 3. The molecule has 0 aliphatic carbocycles. The van der Waals surface area contributed by atoms with Gasteiger partial charge in [-0.15, -0.1) is 22.7 Å². The van der Waals surface area contributed by atoms with E-state index >= 15 is 0 Å². The number of aromatic carboxylic acids is 1. The first kappa shape index (κ1) is 24.4. The highest BCUT2D eigenvalue weighted by Gasteiger charge is 2.24. The number of carbonyl (C=O) groups is 2. The van der Waals surface area contributed by atoms with Crippen LogP contribution in [0.15, 0.2) is 106 Å². The predicted molar refractivity (Wildman–Crippen MR) is 158 cm³/mol. The first-order chi connectivity index (χ1) is 18.4. The summed E-state index contributed by atoms with van der Waals surface area (Å²) >= 11 is 4.31. The van der Waals surface area contributed by atoms with Crippen LogP contribution >= 0.6 is 34.4 Å². The van der Waals surface area contributed by atoms with Crippen LogP contribution < -0.4 is 10.3 Å². The third kappa shape index (κ3) is 4.26. The van der Waals surface area contributed by atoms with Gasteiger partial charge in [-0.25, -0.2) is 4.79 Å². The zero-order chi connectivity index (χ0) is 26.4. The van der Waals surface area contributed by atoms with Crippen LogP contribution in [0.3, 0.4) is 0 Å². The van der Waals surface area contributed by atoms with Gasteiger partial charge in [-0.3, -0.25) is 9.59 Å².